The number of aromatic hydroxyl groups is 1. The number of benzene rings is 2. The van der Waals surface area contributed by atoms with Gasteiger partial charge in [0.15, 0.2) is 0 Å². The molecule has 0 aromatic heterocycles. The largest absolute Gasteiger partial charge is 0.508 e. The second kappa shape index (κ2) is 10.5. The Morgan fingerprint density at radius 2 is 1.52 bits per heavy atom. The molecule has 0 bridgehead atoms. The number of esters is 1. The summed E-state index contributed by atoms with van der Waals surface area (Å²) in [6.07, 6.45) is 9.68. The summed E-state index contributed by atoms with van der Waals surface area (Å²) in [6, 6.07) is 13.8. The fourth-order valence-corrected chi connectivity index (χ4v) is 2.89. The molecule has 0 aliphatic carbocycles. The molecule has 0 fully saturated rings. The molecule has 0 radical (unpaired) electrons. The number of unbranched alkanes of at least 4 members (excludes halogenated alkanes) is 6. The van der Waals surface area contributed by atoms with E-state index in [1.165, 1.54) is 50.7 Å². The lowest BCUT2D eigenvalue weighted by atomic mass is 10.0. The number of aryl methyl sites for hydroxylation is 1. The van der Waals surface area contributed by atoms with E-state index in [1.807, 2.05) is 24.3 Å². The van der Waals surface area contributed by atoms with Crippen LogP contribution in [-0.4, -0.2) is 11.1 Å². The monoisotopic (exact) mass is 340 g/mol. The average molecular weight is 340 g/mol. The Morgan fingerprint density at radius 3 is 2.24 bits per heavy atom. The minimum absolute atomic E-state index is 0.152. The molecule has 1 N–H and O–H groups in total. The second-order valence-corrected chi connectivity index (χ2v) is 6.41. The summed E-state index contributed by atoms with van der Waals surface area (Å²) in [5.74, 6) is 0.247. The molecule has 0 saturated heterocycles. The van der Waals surface area contributed by atoms with Crippen molar-refractivity contribution in [1.82, 2.24) is 0 Å². The molecular weight excluding hydrogens is 312 g/mol. The van der Waals surface area contributed by atoms with E-state index in [2.05, 4.69) is 6.92 Å². The third-order valence-electron chi connectivity index (χ3n) is 4.33. The highest BCUT2D eigenvalue weighted by molar-refractivity contribution is 5.92. The Kier molecular flexibility index (Phi) is 8.03. The van der Waals surface area contributed by atoms with Crippen molar-refractivity contribution in [3.63, 3.8) is 0 Å². The van der Waals surface area contributed by atoms with Gasteiger partial charge in [-0.1, -0.05) is 63.6 Å². The first-order chi connectivity index (χ1) is 12.2. The van der Waals surface area contributed by atoms with E-state index in [-0.39, 0.29) is 11.7 Å². The lowest BCUT2D eigenvalue weighted by molar-refractivity contribution is 0.0733. The van der Waals surface area contributed by atoms with E-state index in [0.29, 0.717) is 11.3 Å². The van der Waals surface area contributed by atoms with E-state index in [4.69, 9.17) is 4.74 Å². The number of carbonyl (C=O) groups excluding carboxylic acids is 1. The van der Waals surface area contributed by atoms with Crippen LogP contribution in [0.3, 0.4) is 0 Å². The van der Waals surface area contributed by atoms with Crippen LogP contribution >= 0.6 is 0 Å². The second-order valence-electron chi connectivity index (χ2n) is 6.41. The summed E-state index contributed by atoms with van der Waals surface area (Å²) in [6.45, 7) is 2.23. The van der Waals surface area contributed by atoms with E-state index in [0.717, 1.165) is 18.4 Å². The van der Waals surface area contributed by atoms with Gasteiger partial charge in [0, 0.05) is 0 Å². The summed E-state index contributed by atoms with van der Waals surface area (Å²) >= 11 is 0. The molecule has 3 nitrogen and oxygen atoms in total. The zero-order valence-electron chi connectivity index (χ0n) is 15.0. The van der Waals surface area contributed by atoms with Crippen LogP contribution in [0.4, 0.5) is 0 Å². The quantitative estimate of drug-likeness (QED) is 0.332. The lowest BCUT2D eigenvalue weighted by Gasteiger charge is -2.09. The van der Waals surface area contributed by atoms with Gasteiger partial charge in [-0.25, -0.2) is 4.79 Å². The maximum Gasteiger partial charge on any atom is 0.343 e. The molecule has 0 spiro atoms. The van der Waals surface area contributed by atoms with E-state index >= 15 is 0 Å². The summed E-state index contributed by atoms with van der Waals surface area (Å²) in [5.41, 5.74) is 1.67. The number of hydrogen-bond donors (Lipinski definition) is 1. The first-order valence-corrected chi connectivity index (χ1v) is 9.30. The van der Waals surface area contributed by atoms with Crippen LogP contribution in [0, 0.1) is 0 Å². The van der Waals surface area contributed by atoms with Crippen molar-refractivity contribution in [2.24, 2.45) is 0 Å². The number of carbonyl (C=O) groups is 1. The predicted octanol–water partition coefficient (Wildman–Crippen LogP) is 5.90. The van der Waals surface area contributed by atoms with Gasteiger partial charge in [-0.05, 0) is 48.7 Å². The van der Waals surface area contributed by atoms with Gasteiger partial charge in [-0.3, -0.25) is 0 Å². The molecule has 2 aromatic rings. The Balaban J connectivity index is 1.86. The van der Waals surface area contributed by atoms with Gasteiger partial charge in [0.1, 0.15) is 11.5 Å². The first-order valence-electron chi connectivity index (χ1n) is 9.30. The fraction of sp³-hybridized carbons (Fsp3) is 0.409. The molecule has 0 aliphatic heterocycles. The van der Waals surface area contributed by atoms with Gasteiger partial charge < -0.3 is 9.84 Å². The highest BCUT2D eigenvalue weighted by Gasteiger charge is 2.13. The average Bonchev–Trinajstić information content (AvgIpc) is 2.63. The Hall–Kier alpha value is -2.29. The molecule has 2 aromatic carbocycles. The van der Waals surface area contributed by atoms with Crippen molar-refractivity contribution in [2.45, 2.75) is 58.3 Å². The number of ether oxygens (including phenoxy) is 1. The zero-order valence-corrected chi connectivity index (χ0v) is 15.0. The topological polar surface area (TPSA) is 46.5 Å². The van der Waals surface area contributed by atoms with Gasteiger partial charge in [0.2, 0.25) is 0 Å². The van der Waals surface area contributed by atoms with Gasteiger partial charge in [0.05, 0.1) is 5.56 Å². The number of phenolic OH excluding ortho intramolecular Hbond substituents is 1. The molecule has 134 valence electrons. The SMILES string of the molecule is CCCCCCCCCc1ccccc1C(=O)Oc1ccc(O)cc1. The van der Waals surface area contributed by atoms with Gasteiger partial charge in [-0.2, -0.15) is 0 Å². The standard InChI is InChI=1S/C22H28O3/c1-2-3-4-5-6-7-8-11-18-12-9-10-13-21(18)22(24)25-20-16-14-19(23)15-17-20/h9-10,12-17,23H,2-8,11H2,1H3. The van der Waals surface area contributed by atoms with Crippen LogP contribution in [0.1, 0.15) is 67.8 Å². The highest BCUT2D eigenvalue weighted by atomic mass is 16.5. The maximum atomic E-state index is 12.4. The maximum absolute atomic E-state index is 12.4. The minimum atomic E-state index is -0.343. The van der Waals surface area contributed by atoms with Crippen LogP contribution < -0.4 is 4.74 Å². The number of phenols is 1. The zero-order chi connectivity index (χ0) is 17.9. The van der Waals surface area contributed by atoms with Gasteiger partial charge in [0.25, 0.3) is 0 Å². The van der Waals surface area contributed by atoms with Crippen LogP contribution in [0.25, 0.3) is 0 Å². The molecular formula is C22H28O3. The summed E-state index contributed by atoms with van der Waals surface area (Å²) < 4.78 is 5.42. The van der Waals surface area contributed by atoms with Crippen LogP contribution in [0.2, 0.25) is 0 Å². The van der Waals surface area contributed by atoms with Gasteiger partial charge >= 0.3 is 5.97 Å². The third kappa shape index (κ3) is 6.61. The van der Waals surface area contributed by atoms with Gasteiger partial charge in [-0.15, -0.1) is 0 Å². The lowest BCUT2D eigenvalue weighted by Crippen LogP contribution is -2.11. The summed E-state index contributed by atoms with van der Waals surface area (Å²) in [4.78, 5) is 12.4. The normalized spacial score (nSPS) is 10.6. The molecule has 3 heteroatoms. The molecule has 0 heterocycles. The smallest absolute Gasteiger partial charge is 0.343 e. The molecule has 0 unspecified atom stereocenters. The molecule has 2 rings (SSSR count). The van der Waals surface area contributed by atoms with Crippen molar-refractivity contribution in [2.75, 3.05) is 0 Å². The van der Waals surface area contributed by atoms with Crippen LogP contribution in [0.5, 0.6) is 11.5 Å². The third-order valence-corrected chi connectivity index (χ3v) is 4.33. The van der Waals surface area contributed by atoms with Crippen LogP contribution in [-0.2, 0) is 6.42 Å². The number of rotatable bonds is 10. The van der Waals surface area contributed by atoms with Crippen molar-refractivity contribution in [3.8, 4) is 11.5 Å². The summed E-state index contributed by atoms with van der Waals surface area (Å²) in [7, 11) is 0. The van der Waals surface area contributed by atoms with Crippen molar-refractivity contribution in [3.05, 3.63) is 59.7 Å². The molecule has 25 heavy (non-hydrogen) atoms. The Bertz CT molecular complexity index is 647. The number of hydrogen-bond acceptors (Lipinski definition) is 3. The van der Waals surface area contributed by atoms with Crippen molar-refractivity contribution >= 4 is 5.97 Å². The highest BCUT2D eigenvalue weighted by Crippen LogP contribution is 2.20. The Morgan fingerprint density at radius 1 is 0.880 bits per heavy atom. The van der Waals surface area contributed by atoms with E-state index < -0.39 is 0 Å². The van der Waals surface area contributed by atoms with E-state index in [9.17, 15) is 9.90 Å². The molecule has 0 aliphatic rings. The van der Waals surface area contributed by atoms with Crippen LogP contribution in [0.15, 0.2) is 48.5 Å². The predicted molar refractivity (Wildman–Crippen MR) is 101 cm³/mol. The molecule has 0 amide bonds. The fourth-order valence-electron chi connectivity index (χ4n) is 2.89. The van der Waals surface area contributed by atoms with Crippen molar-refractivity contribution < 1.29 is 14.6 Å². The Labute approximate surface area is 150 Å². The molecule has 0 saturated carbocycles. The van der Waals surface area contributed by atoms with E-state index in [1.54, 1.807) is 12.1 Å². The van der Waals surface area contributed by atoms with Crippen molar-refractivity contribution in [1.29, 1.82) is 0 Å². The minimum Gasteiger partial charge on any atom is -0.508 e. The first kappa shape index (κ1) is 19.0. The molecule has 0 atom stereocenters. The summed E-state index contributed by atoms with van der Waals surface area (Å²) in [5, 5.41) is 9.30.